The molecule has 0 heterocycles. The molecule has 0 saturated heterocycles. The molecule has 72 valence electrons. The molecule has 0 aromatic heterocycles. The van der Waals surface area contributed by atoms with Crippen LogP contribution in [0.25, 0.3) is 0 Å². The monoisotopic (exact) mass is 197 g/mol. The number of unbranched alkanes of at least 4 members (excludes halogenated alkanes) is 1. The Kier molecular flexibility index (Phi) is 4.72. The van der Waals surface area contributed by atoms with E-state index in [0.29, 0.717) is 0 Å². The Bertz CT molecular complexity index is 235. The fraction of sp³-hybridized carbons (Fsp3) is 0.400. The largest absolute Gasteiger partial charge is 0.399 e. The number of nitrogen functional groups attached to an aromatic ring is 1. The van der Waals surface area contributed by atoms with Gasteiger partial charge in [-0.25, -0.2) is 0 Å². The Balaban J connectivity index is 2.25. The highest BCUT2D eigenvalue weighted by atomic mass is 32.2. The van der Waals surface area contributed by atoms with Crippen molar-refractivity contribution in [2.45, 2.75) is 19.3 Å². The van der Waals surface area contributed by atoms with Crippen molar-refractivity contribution in [3.8, 4) is 0 Å². The first-order valence-electron chi connectivity index (χ1n) is 4.43. The van der Waals surface area contributed by atoms with Gasteiger partial charge in [0, 0.05) is 11.4 Å². The van der Waals surface area contributed by atoms with Gasteiger partial charge in [-0.15, -0.1) is 0 Å². The molecule has 1 aromatic rings. The minimum atomic E-state index is 0.815. The van der Waals surface area contributed by atoms with E-state index in [1.54, 1.807) is 0 Å². The van der Waals surface area contributed by atoms with Crippen LogP contribution in [0.2, 0.25) is 0 Å². The number of aryl methyl sites for hydroxylation is 1. The zero-order valence-electron chi connectivity index (χ0n) is 7.57. The summed E-state index contributed by atoms with van der Waals surface area (Å²) in [6, 6.07) is 7.97. The smallest absolute Gasteiger partial charge is 0.0314 e. The van der Waals surface area contributed by atoms with Gasteiger partial charge in [0.2, 0.25) is 0 Å². The molecular weight excluding hydrogens is 182 g/mol. The molecular formula is C10H15NOS. The maximum atomic E-state index is 8.50. The maximum absolute atomic E-state index is 8.50. The molecule has 3 heteroatoms. The zero-order valence-corrected chi connectivity index (χ0v) is 8.39. The number of hydrogen-bond donors (Lipinski definition) is 2. The molecule has 0 aliphatic rings. The van der Waals surface area contributed by atoms with Gasteiger partial charge in [0.05, 0.1) is 0 Å². The molecule has 0 aliphatic carbocycles. The molecule has 3 N–H and O–H groups in total. The van der Waals surface area contributed by atoms with Gasteiger partial charge in [-0.3, -0.25) is 0 Å². The number of rotatable bonds is 5. The molecule has 13 heavy (non-hydrogen) atoms. The van der Waals surface area contributed by atoms with E-state index in [4.69, 9.17) is 10.3 Å². The number of benzene rings is 1. The maximum Gasteiger partial charge on any atom is 0.0314 e. The summed E-state index contributed by atoms with van der Waals surface area (Å²) in [4.78, 5) is 0. The van der Waals surface area contributed by atoms with Crippen molar-refractivity contribution in [3.63, 3.8) is 0 Å². The molecule has 0 bridgehead atoms. The summed E-state index contributed by atoms with van der Waals surface area (Å²) in [5.74, 6) is 0.828. The lowest BCUT2D eigenvalue weighted by molar-refractivity contribution is 0.657. The molecule has 0 radical (unpaired) electrons. The van der Waals surface area contributed by atoms with Gasteiger partial charge >= 0.3 is 0 Å². The highest BCUT2D eigenvalue weighted by Gasteiger charge is 1.93. The molecule has 0 spiro atoms. The van der Waals surface area contributed by atoms with Crippen molar-refractivity contribution in [3.05, 3.63) is 29.8 Å². The summed E-state index contributed by atoms with van der Waals surface area (Å²) in [5.41, 5.74) is 7.70. The van der Waals surface area contributed by atoms with Crippen LogP contribution in [0.1, 0.15) is 18.4 Å². The van der Waals surface area contributed by atoms with E-state index in [-0.39, 0.29) is 0 Å². The fourth-order valence-electron chi connectivity index (χ4n) is 1.18. The lowest BCUT2D eigenvalue weighted by Gasteiger charge is -2.00. The molecule has 0 saturated carbocycles. The van der Waals surface area contributed by atoms with Crippen LogP contribution in [0.3, 0.4) is 0 Å². The van der Waals surface area contributed by atoms with Crippen LogP contribution in [0.15, 0.2) is 24.3 Å². The molecule has 1 rings (SSSR count). The van der Waals surface area contributed by atoms with Crippen molar-refractivity contribution in [1.82, 2.24) is 0 Å². The van der Waals surface area contributed by atoms with Crippen molar-refractivity contribution >= 4 is 17.7 Å². The van der Waals surface area contributed by atoms with Crippen LogP contribution in [0.4, 0.5) is 5.69 Å². The quantitative estimate of drug-likeness (QED) is 0.433. The lowest BCUT2D eigenvalue weighted by Crippen LogP contribution is -1.89. The van der Waals surface area contributed by atoms with Crippen molar-refractivity contribution in [2.24, 2.45) is 0 Å². The van der Waals surface area contributed by atoms with E-state index >= 15 is 0 Å². The summed E-state index contributed by atoms with van der Waals surface area (Å²) in [6.45, 7) is 0. The van der Waals surface area contributed by atoms with E-state index < -0.39 is 0 Å². The van der Waals surface area contributed by atoms with Crippen molar-refractivity contribution in [1.29, 1.82) is 0 Å². The Morgan fingerprint density at radius 1 is 1.15 bits per heavy atom. The van der Waals surface area contributed by atoms with E-state index in [1.165, 1.54) is 5.56 Å². The topological polar surface area (TPSA) is 46.2 Å². The zero-order chi connectivity index (χ0) is 9.52. The van der Waals surface area contributed by atoms with Gasteiger partial charge in [-0.1, -0.05) is 12.1 Å². The van der Waals surface area contributed by atoms with Crippen molar-refractivity contribution in [2.75, 3.05) is 11.5 Å². The minimum Gasteiger partial charge on any atom is -0.399 e. The molecule has 0 amide bonds. The first kappa shape index (κ1) is 10.4. The number of hydrogen-bond acceptors (Lipinski definition) is 3. The second-order valence-electron chi connectivity index (χ2n) is 3.03. The van der Waals surface area contributed by atoms with Crippen LogP contribution in [0, 0.1) is 0 Å². The highest BCUT2D eigenvalue weighted by Crippen LogP contribution is 2.09. The highest BCUT2D eigenvalue weighted by molar-refractivity contribution is 7.93. The second-order valence-corrected chi connectivity index (χ2v) is 3.70. The Hall–Kier alpha value is -0.670. The standard InChI is InChI=1S/C10H15NOS/c11-10-6-4-9(5-7-10)3-1-2-8-13-12/h4-7,12H,1-3,8,11H2. The Morgan fingerprint density at radius 3 is 2.46 bits per heavy atom. The fourth-order valence-corrected chi connectivity index (χ4v) is 1.51. The summed E-state index contributed by atoms with van der Waals surface area (Å²) in [6.07, 6.45) is 3.25. The van der Waals surface area contributed by atoms with Crippen LogP contribution in [-0.2, 0) is 6.42 Å². The second kappa shape index (κ2) is 5.89. The normalized spacial score (nSPS) is 10.2. The van der Waals surface area contributed by atoms with Gasteiger partial charge in [0.25, 0.3) is 0 Å². The molecule has 0 aliphatic heterocycles. The van der Waals surface area contributed by atoms with Gasteiger partial charge in [-0.2, -0.15) is 0 Å². The van der Waals surface area contributed by atoms with Gasteiger partial charge in [0.15, 0.2) is 0 Å². The molecule has 0 unspecified atom stereocenters. The molecule has 1 aromatic carbocycles. The van der Waals surface area contributed by atoms with Crippen molar-refractivity contribution < 1.29 is 4.55 Å². The third-order valence-corrected chi connectivity index (χ3v) is 2.40. The molecule has 0 fully saturated rings. The first-order chi connectivity index (χ1) is 6.33. The minimum absolute atomic E-state index is 0.815. The number of nitrogens with two attached hydrogens (primary N) is 1. The Morgan fingerprint density at radius 2 is 1.85 bits per heavy atom. The van der Waals surface area contributed by atoms with E-state index in [9.17, 15) is 0 Å². The van der Waals surface area contributed by atoms with E-state index in [1.807, 2.05) is 12.1 Å². The molecule has 2 nitrogen and oxygen atoms in total. The SMILES string of the molecule is Nc1ccc(CCCCSO)cc1. The summed E-state index contributed by atoms with van der Waals surface area (Å²) in [5, 5.41) is 0. The predicted molar refractivity (Wildman–Crippen MR) is 58.9 cm³/mol. The average Bonchev–Trinajstić information content (AvgIpc) is 2.15. The van der Waals surface area contributed by atoms with Crippen LogP contribution in [0.5, 0.6) is 0 Å². The first-order valence-corrected chi connectivity index (χ1v) is 5.38. The van der Waals surface area contributed by atoms with Crippen LogP contribution in [-0.4, -0.2) is 10.3 Å². The third-order valence-electron chi connectivity index (χ3n) is 1.93. The van der Waals surface area contributed by atoms with Gasteiger partial charge in [0.1, 0.15) is 0 Å². The van der Waals surface area contributed by atoms with Gasteiger partial charge in [-0.05, 0) is 49.0 Å². The third kappa shape index (κ3) is 4.20. The summed E-state index contributed by atoms with van der Waals surface area (Å²) in [7, 11) is 0. The lowest BCUT2D eigenvalue weighted by atomic mass is 10.1. The van der Waals surface area contributed by atoms with Crippen LogP contribution >= 0.6 is 12.0 Å². The number of anilines is 1. The Labute approximate surface area is 83.4 Å². The predicted octanol–water partition coefficient (Wildman–Crippen LogP) is 2.80. The van der Waals surface area contributed by atoms with Crippen LogP contribution < -0.4 is 5.73 Å². The average molecular weight is 197 g/mol. The molecule has 0 atom stereocenters. The van der Waals surface area contributed by atoms with Gasteiger partial charge < -0.3 is 10.3 Å². The summed E-state index contributed by atoms with van der Waals surface area (Å²) >= 11 is 0.919. The van der Waals surface area contributed by atoms with E-state index in [2.05, 4.69) is 12.1 Å². The van der Waals surface area contributed by atoms with E-state index in [0.717, 1.165) is 42.7 Å². The summed E-state index contributed by atoms with van der Waals surface area (Å²) < 4.78 is 8.50.